The third-order valence-corrected chi connectivity index (χ3v) is 4.70. The van der Waals surface area contributed by atoms with Crippen LogP contribution in [0.5, 0.6) is 0 Å². The molecule has 5 nitrogen and oxygen atoms in total. The van der Waals surface area contributed by atoms with E-state index in [1.165, 1.54) is 11.3 Å². The van der Waals surface area contributed by atoms with Gasteiger partial charge < -0.3 is 10.3 Å². The maximum Gasteiger partial charge on any atom is 0.285 e. The van der Waals surface area contributed by atoms with E-state index in [0.717, 1.165) is 30.6 Å². The van der Waals surface area contributed by atoms with E-state index in [9.17, 15) is 10.1 Å². The number of aryl methyl sites for hydroxylation is 1. The summed E-state index contributed by atoms with van der Waals surface area (Å²) in [4.78, 5) is 10.7. The van der Waals surface area contributed by atoms with Gasteiger partial charge >= 0.3 is 0 Å². The van der Waals surface area contributed by atoms with Crippen LogP contribution in [0.2, 0.25) is 0 Å². The van der Waals surface area contributed by atoms with E-state index in [1.807, 2.05) is 13.0 Å². The van der Waals surface area contributed by atoms with Crippen molar-refractivity contribution in [2.75, 3.05) is 0 Å². The molecule has 1 atom stereocenters. The summed E-state index contributed by atoms with van der Waals surface area (Å²) in [6, 6.07) is 7.40. The van der Waals surface area contributed by atoms with Crippen LogP contribution in [0.15, 0.2) is 28.7 Å². The first-order valence-corrected chi connectivity index (χ1v) is 7.69. The summed E-state index contributed by atoms with van der Waals surface area (Å²) in [7, 11) is 0. The third-order valence-electron chi connectivity index (χ3n) is 4.03. The summed E-state index contributed by atoms with van der Waals surface area (Å²) in [5.74, 6) is 0. The van der Waals surface area contributed by atoms with Gasteiger partial charge in [0.2, 0.25) is 0 Å². The smallest absolute Gasteiger partial charge is 0.285 e. The van der Waals surface area contributed by atoms with Crippen LogP contribution in [0.3, 0.4) is 0 Å². The Labute approximate surface area is 131 Å². The number of benzene rings is 1. The number of aromatic nitrogens is 1. The molecule has 1 aromatic heterocycles. The van der Waals surface area contributed by atoms with Gasteiger partial charge in [0, 0.05) is 23.5 Å². The first-order chi connectivity index (χ1) is 9.99. The summed E-state index contributed by atoms with van der Waals surface area (Å²) in [5.41, 5.74) is 10.5. The number of rotatable bonds is 2. The van der Waals surface area contributed by atoms with Gasteiger partial charge in [-0.3, -0.25) is 10.1 Å². The minimum Gasteiger partial charge on any atom is -0.324 e. The van der Waals surface area contributed by atoms with Crippen LogP contribution in [-0.4, -0.2) is 9.49 Å². The molecule has 2 N–H and O–H groups in total. The molecule has 0 saturated heterocycles. The average molecular weight is 350 g/mol. The van der Waals surface area contributed by atoms with Crippen molar-refractivity contribution in [2.24, 2.45) is 5.73 Å². The van der Waals surface area contributed by atoms with E-state index in [4.69, 9.17) is 5.73 Å². The lowest BCUT2D eigenvalue weighted by atomic mass is 9.93. The van der Waals surface area contributed by atoms with E-state index in [2.05, 4.69) is 26.6 Å². The molecule has 1 aromatic carbocycles. The number of fused-ring (bicyclic) bond motifs is 1. The van der Waals surface area contributed by atoms with Crippen LogP contribution in [-0.2, 0) is 6.42 Å². The molecular formula is C15H16BrN3O2. The Morgan fingerprint density at radius 1 is 1.43 bits per heavy atom. The van der Waals surface area contributed by atoms with Gasteiger partial charge in [-0.05, 0) is 65.9 Å². The fourth-order valence-electron chi connectivity index (χ4n) is 3.08. The zero-order valence-electron chi connectivity index (χ0n) is 11.7. The summed E-state index contributed by atoms with van der Waals surface area (Å²) in [6.07, 6.45) is 3.01. The quantitative estimate of drug-likeness (QED) is 0.661. The summed E-state index contributed by atoms with van der Waals surface area (Å²) in [5, 5.41) is 11.1. The maximum atomic E-state index is 11.1. The summed E-state index contributed by atoms with van der Waals surface area (Å²) in [6.45, 7) is 2.01. The van der Waals surface area contributed by atoms with Crippen LogP contribution < -0.4 is 5.73 Å². The molecule has 0 radical (unpaired) electrons. The third kappa shape index (κ3) is 2.38. The van der Waals surface area contributed by atoms with Gasteiger partial charge in [0.05, 0.1) is 15.1 Å². The topological polar surface area (TPSA) is 74.1 Å². The summed E-state index contributed by atoms with van der Waals surface area (Å²) >= 11 is 3.23. The molecular weight excluding hydrogens is 334 g/mol. The Balaban J connectivity index is 2.17. The Morgan fingerprint density at radius 3 is 2.90 bits per heavy atom. The van der Waals surface area contributed by atoms with E-state index >= 15 is 0 Å². The Kier molecular flexibility index (Phi) is 3.59. The Hall–Kier alpha value is -1.66. The van der Waals surface area contributed by atoms with Crippen molar-refractivity contribution < 1.29 is 4.92 Å². The normalized spacial score (nSPS) is 17.6. The number of hydrogen-bond acceptors (Lipinski definition) is 3. The lowest BCUT2D eigenvalue weighted by molar-refractivity contribution is -0.385. The lowest BCUT2D eigenvalue weighted by Crippen LogP contribution is -2.18. The molecule has 21 heavy (non-hydrogen) atoms. The molecule has 0 saturated carbocycles. The van der Waals surface area contributed by atoms with Crippen LogP contribution in [0.4, 0.5) is 5.69 Å². The first-order valence-electron chi connectivity index (χ1n) is 6.90. The van der Waals surface area contributed by atoms with Crippen molar-refractivity contribution in [1.29, 1.82) is 0 Å². The number of halogens is 1. The van der Waals surface area contributed by atoms with Gasteiger partial charge in [0.25, 0.3) is 5.69 Å². The maximum absolute atomic E-state index is 11.1. The van der Waals surface area contributed by atoms with Crippen LogP contribution in [0.1, 0.15) is 35.8 Å². The van der Waals surface area contributed by atoms with Gasteiger partial charge in [0.15, 0.2) is 0 Å². The van der Waals surface area contributed by atoms with E-state index in [0.29, 0.717) is 4.47 Å². The molecule has 1 heterocycles. The predicted octanol–water partition coefficient (Wildman–Crippen LogP) is 3.79. The van der Waals surface area contributed by atoms with Gasteiger partial charge in [-0.25, -0.2) is 0 Å². The first kappa shape index (κ1) is 14.3. The molecule has 0 aliphatic heterocycles. The monoisotopic (exact) mass is 349 g/mol. The molecule has 1 aliphatic rings. The largest absolute Gasteiger partial charge is 0.324 e. The average Bonchev–Trinajstić information content (AvgIpc) is 2.77. The van der Waals surface area contributed by atoms with Gasteiger partial charge in [0.1, 0.15) is 0 Å². The number of nitro benzene ring substituents is 1. The number of nitro groups is 1. The highest BCUT2D eigenvalue weighted by molar-refractivity contribution is 9.10. The Morgan fingerprint density at radius 2 is 2.19 bits per heavy atom. The number of nitrogens with two attached hydrogens (primary N) is 1. The fourth-order valence-corrected chi connectivity index (χ4v) is 3.47. The number of hydrogen-bond donors (Lipinski definition) is 1. The molecule has 0 spiro atoms. The highest BCUT2D eigenvalue weighted by Crippen LogP contribution is 2.34. The second kappa shape index (κ2) is 5.27. The zero-order chi connectivity index (χ0) is 15.1. The van der Waals surface area contributed by atoms with Crippen molar-refractivity contribution in [3.63, 3.8) is 0 Å². The van der Waals surface area contributed by atoms with Gasteiger partial charge in [-0.1, -0.05) is 0 Å². The van der Waals surface area contributed by atoms with E-state index in [-0.39, 0.29) is 16.7 Å². The Bertz CT molecular complexity index is 724. The minimum absolute atomic E-state index is 0.0686. The van der Waals surface area contributed by atoms with Gasteiger partial charge in [-0.2, -0.15) is 0 Å². The molecule has 0 fully saturated rings. The van der Waals surface area contributed by atoms with Gasteiger partial charge in [-0.15, -0.1) is 0 Å². The fraction of sp³-hybridized carbons (Fsp3) is 0.333. The molecule has 3 rings (SSSR count). The van der Waals surface area contributed by atoms with Crippen LogP contribution in [0.25, 0.3) is 5.69 Å². The second-order valence-corrected chi connectivity index (χ2v) is 6.27. The molecule has 6 heteroatoms. The molecule has 1 unspecified atom stereocenters. The van der Waals surface area contributed by atoms with Crippen LogP contribution in [0, 0.1) is 17.0 Å². The highest BCUT2D eigenvalue weighted by Gasteiger charge is 2.23. The molecule has 2 aromatic rings. The minimum atomic E-state index is -0.370. The zero-order valence-corrected chi connectivity index (χ0v) is 13.3. The SMILES string of the molecule is Cc1cc2c(n1-c1ccc(Br)c([N+](=O)[O-])c1)CCCC2N. The predicted molar refractivity (Wildman–Crippen MR) is 84.7 cm³/mol. The second-order valence-electron chi connectivity index (χ2n) is 5.41. The molecule has 110 valence electrons. The number of nitrogens with zero attached hydrogens (tertiary/aromatic N) is 2. The highest BCUT2D eigenvalue weighted by atomic mass is 79.9. The molecule has 0 amide bonds. The van der Waals surface area contributed by atoms with E-state index < -0.39 is 0 Å². The van der Waals surface area contributed by atoms with E-state index in [1.54, 1.807) is 12.1 Å². The molecule has 0 bridgehead atoms. The van der Waals surface area contributed by atoms with Crippen molar-refractivity contribution >= 4 is 21.6 Å². The van der Waals surface area contributed by atoms with Crippen molar-refractivity contribution in [3.8, 4) is 5.69 Å². The summed E-state index contributed by atoms with van der Waals surface area (Å²) < 4.78 is 2.58. The van der Waals surface area contributed by atoms with Crippen molar-refractivity contribution in [3.05, 3.63) is 55.8 Å². The van der Waals surface area contributed by atoms with Crippen molar-refractivity contribution in [2.45, 2.75) is 32.2 Å². The molecule has 1 aliphatic carbocycles. The van der Waals surface area contributed by atoms with Crippen LogP contribution >= 0.6 is 15.9 Å². The van der Waals surface area contributed by atoms with Crippen molar-refractivity contribution in [1.82, 2.24) is 4.57 Å². The standard InChI is InChI=1S/C15H16BrN3O2/c1-9-7-11-13(17)3-2-4-14(11)18(9)10-5-6-12(16)15(8-10)19(20)21/h5-8,13H,2-4,17H2,1H3. The lowest BCUT2D eigenvalue weighted by Gasteiger charge is -2.21.